The number of carbonyl (C=O) groups excluding carboxylic acids is 2. The first-order chi connectivity index (χ1) is 12.0. The predicted molar refractivity (Wildman–Crippen MR) is 95.2 cm³/mol. The number of fused-ring (bicyclic) bond motifs is 2. The summed E-state index contributed by atoms with van der Waals surface area (Å²) in [5, 5.41) is 0. The molecule has 1 saturated heterocycles. The maximum atomic E-state index is 13.4. The van der Waals surface area contributed by atoms with Crippen LogP contribution in [0.4, 0.5) is 0 Å². The standard InChI is InChI=1S/C21H27NO3/c1-14-11-12-22(18-10-6-5-8-16(14)18)20(24)21(2)13-15-7-3-4-9-17(15)19(23)25-21/h3-4,7,9,14,16,18H,5-6,8,10-13H2,1-2H3. The fourth-order valence-electron chi connectivity index (χ4n) is 5.12. The molecule has 0 radical (unpaired) electrons. The number of cyclic esters (lactones) is 1. The van der Waals surface area contributed by atoms with E-state index < -0.39 is 5.60 Å². The van der Waals surface area contributed by atoms with E-state index >= 15 is 0 Å². The molecule has 0 N–H and O–H groups in total. The molecule has 4 atom stereocenters. The average molecular weight is 341 g/mol. The van der Waals surface area contributed by atoms with Gasteiger partial charge in [0.25, 0.3) is 5.91 Å². The minimum Gasteiger partial charge on any atom is -0.445 e. The Labute approximate surface area is 149 Å². The third-order valence-electron chi connectivity index (χ3n) is 6.53. The minimum atomic E-state index is -1.08. The van der Waals surface area contributed by atoms with Gasteiger partial charge in [-0.3, -0.25) is 4.79 Å². The van der Waals surface area contributed by atoms with E-state index in [1.807, 2.05) is 23.1 Å². The summed E-state index contributed by atoms with van der Waals surface area (Å²) >= 11 is 0. The van der Waals surface area contributed by atoms with Gasteiger partial charge in [0.05, 0.1) is 5.56 Å². The third kappa shape index (κ3) is 2.76. The lowest BCUT2D eigenvalue weighted by atomic mass is 9.72. The lowest BCUT2D eigenvalue weighted by molar-refractivity contribution is -0.159. The molecule has 134 valence electrons. The second kappa shape index (κ2) is 6.15. The molecule has 1 aliphatic carbocycles. The van der Waals surface area contributed by atoms with E-state index in [4.69, 9.17) is 4.74 Å². The van der Waals surface area contributed by atoms with Crippen molar-refractivity contribution < 1.29 is 14.3 Å². The van der Waals surface area contributed by atoms with Crippen LogP contribution in [0.5, 0.6) is 0 Å². The van der Waals surface area contributed by atoms with E-state index in [0.717, 1.165) is 24.9 Å². The van der Waals surface area contributed by atoms with Crippen LogP contribution in [0.1, 0.15) is 61.9 Å². The van der Waals surface area contributed by atoms with Crippen molar-refractivity contribution in [1.82, 2.24) is 4.90 Å². The molecule has 4 heteroatoms. The van der Waals surface area contributed by atoms with Crippen molar-refractivity contribution in [1.29, 1.82) is 0 Å². The Morgan fingerprint density at radius 3 is 2.80 bits per heavy atom. The maximum absolute atomic E-state index is 13.4. The van der Waals surface area contributed by atoms with Crippen molar-refractivity contribution in [2.75, 3.05) is 6.54 Å². The van der Waals surface area contributed by atoms with Gasteiger partial charge >= 0.3 is 5.97 Å². The van der Waals surface area contributed by atoms with Gasteiger partial charge in [-0.05, 0) is 49.7 Å². The van der Waals surface area contributed by atoms with Gasteiger partial charge in [0.1, 0.15) is 0 Å². The van der Waals surface area contributed by atoms with Gasteiger partial charge in [0.2, 0.25) is 0 Å². The fraction of sp³-hybridized carbons (Fsp3) is 0.619. The highest BCUT2D eigenvalue weighted by Gasteiger charge is 2.49. The van der Waals surface area contributed by atoms with E-state index in [0.29, 0.717) is 29.9 Å². The van der Waals surface area contributed by atoms with Gasteiger partial charge in [-0.25, -0.2) is 4.79 Å². The number of piperidine rings is 1. The Morgan fingerprint density at radius 1 is 1.20 bits per heavy atom. The van der Waals surface area contributed by atoms with E-state index in [1.54, 1.807) is 13.0 Å². The number of amides is 1. The van der Waals surface area contributed by atoms with Crippen LogP contribution in [0.2, 0.25) is 0 Å². The highest BCUT2D eigenvalue weighted by molar-refractivity contribution is 5.97. The van der Waals surface area contributed by atoms with Crippen LogP contribution < -0.4 is 0 Å². The van der Waals surface area contributed by atoms with Crippen molar-refractivity contribution in [3.05, 3.63) is 35.4 Å². The lowest BCUT2D eigenvalue weighted by Crippen LogP contribution is -2.60. The SMILES string of the molecule is CC1CCN(C(=O)C2(C)Cc3ccccc3C(=O)O2)C2CCCCC12. The zero-order valence-corrected chi connectivity index (χ0v) is 15.2. The molecule has 4 rings (SSSR count). The quantitative estimate of drug-likeness (QED) is 0.734. The van der Waals surface area contributed by atoms with Crippen molar-refractivity contribution in [3.8, 4) is 0 Å². The van der Waals surface area contributed by atoms with Gasteiger partial charge in [-0.15, -0.1) is 0 Å². The largest absolute Gasteiger partial charge is 0.445 e. The van der Waals surface area contributed by atoms with E-state index in [-0.39, 0.29) is 11.9 Å². The summed E-state index contributed by atoms with van der Waals surface area (Å²) in [4.78, 5) is 27.9. The molecule has 4 unspecified atom stereocenters. The number of esters is 1. The molecule has 4 nitrogen and oxygen atoms in total. The molecule has 3 aliphatic rings. The van der Waals surface area contributed by atoms with Crippen molar-refractivity contribution in [3.63, 3.8) is 0 Å². The zero-order valence-electron chi connectivity index (χ0n) is 15.2. The Bertz CT molecular complexity index is 700. The molecule has 2 heterocycles. The Morgan fingerprint density at radius 2 is 1.96 bits per heavy atom. The average Bonchev–Trinajstić information content (AvgIpc) is 2.62. The number of likely N-dealkylation sites (tertiary alicyclic amines) is 1. The number of hydrogen-bond donors (Lipinski definition) is 0. The number of nitrogens with zero attached hydrogens (tertiary/aromatic N) is 1. The van der Waals surface area contributed by atoms with Crippen molar-refractivity contribution in [2.45, 2.75) is 64.0 Å². The number of rotatable bonds is 1. The molecule has 2 fully saturated rings. The Hall–Kier alpha value is -1.84. The summed E-state index contributed by atoms with van der Waals surface area (Å²) < 4.78 is 5.69. The molecule has 25 heavy (non-hydrogen) atoms. The molecule has 1 amide bonds. The van der Waals surface area contributed by atoms with Crippen LogP contribution >= 0.6 is 0 Å². The molecule has 1 saturated carbocycles. The molecular weight excluding hydrogens is 314 g/mol. The maximum Gasteiger partial charge on any atom is 0.339 e. The Kier molecular flexibility index (Phi) is 4.09. The zero-order chi connectivity index (χ0) is 17.6. The van der Waals surface area contributed by atoms with Crippen LogP contribution in [0.3, 0.4) is 0 Å². The highest BCUT2D eigenvalue weighted by atomic mass is 16.6. The first-order valence-electron chi connectivity index (χ1n) is 9.62. The fourth-order valence-corrected chi connectivity index (χ4v) is 5.12. The molecule has 0 spiro atoms. The Balaban J connectivity index is 1.61. The van der Waals surface area contributed by atoms with Gasteiger partial charge < -0.3 is 9.64 Å². The van der Waals surface area contributed by atoms with Gasteiger partial charge in [-0.1, -0.05) is 38.0 Å². The van der Waals surface area contributed by atoms with Crippen LogP contribution in [0.15, 0.2) is 24.3 Å². The van der Waals surface area contributed by atoms with Crippen molar-refractivity contribution in [2.24, 2.45) is 11.8 Å². The molecule has 2 aliphatic heterocycles. The summed E-state index contributed by atoms with van der Waals surface area (Å²) in [6, 6.07) is 7.79. The predicted octanol–water partition coefficient (Wildman–Crippen LogP) is 3.59. The van der Waals surface area contributed by atoms with Crippen molar-refractivity contribution >= 4 is 11.9 Å². The summed E-state index contributed by atoms with van der Waals surface area (Å²) in [5.74, 6) is 0.904. The first-order valence-corrected chi connectivity index (χ1v) is 9.62. The molecule has 0 bridgehead atoms. The second-order valence-corrected chi connectivity index (χ2v) is 8.23. The topological polar surface area (TPSA) is 46.6 Å². The van der Waals surface area contributed by atoms with E-state index in [2.05, 4.69) is 6.92 Å². The molecule has 1 aromatic carbocycles. The van der Waals surface area contributed by atoms with E-state index in [1.165, 1.54) is 19.3 Å². The lowest BCUT2D eigenvalue weighted by Gasteiger charge is -2.49. The monoisotopic (exact) mass is 341 g/mol. The van der Waals surface area contributed by atoms with Crippen LogP contribution in [-0.4, -0.2) is 35.0 Å². The van der Waals surface area contributed by atoms with Crippen LogP contribution in [-0.2, 0) is 16.0 Å². The normalized spacial score (nSPS) is 34.7. The van der Waals surface area contributed by atoms with Gasteiger partial charge in [0.15, 0.2) is 5.60 Å². The number of benzene rings is 1. The highest BCUT2D eigenvalue weighted by Crippen LogP contribution is 2.41. The molecule has 0 aromatic heterocycles. The van der Waals surface area contributed by atoms with Gasteiger partial charge in [-0.2, -0.15) is 0 Å². The first kappa shape index (κ1) is 16.6. The van der Waals surface area contributed by atoms with Crippen LogP contribution in [0, 0.1) is 11.8 Å². The number of ether oxygens (including phenoxy) is 1. The van der Waals surface area contributed by atoms with Crippen LogP contribution in [0.25, 0.3) is 0 Å². The summed E-state index contributed by atoms with van der Waals surface area (Å²) in [5.41, 5.74) is 0.435. The second-order valence-electron chi connectivity index (χ2n) is 8.23. The minimum absolute atomic E-state index is 0.000784. The third-order valence-corrected chi connectivity index (χ3v) is 6.53. The molecule has 1 aromatic rings. The van der Waals surface area contributed by atoms with E-state index in [9.17, 15) is 9.59 Å². The smallest absolute Gasteiger partial charge is 0.339 e. The summed E-state index contributed by atoms with van der Waals surface area (Å²) in [6.45, 7) is 4.90. The van der Waals surface area contributed by atoms with Gasteiger partial charge in [0, 0.05) is 19.0 Å². The number of hydrogen-bond acceptors (Lipinski definition) is 3. The molecular formula is C21H27NO3. The summed E-state index contributed by atoms with van der Waals surface area (Å²) in [7, 11) is 0. The summed E-state index contributed by atoms with van der Waals surface area (Å²) in [6.07, 6.45) is 6.28. The number of carbonyl (C=O) groups is 2.